The van der Waals surface area contributed by atoms with E-state index in [4.69, 9.17) is 6.42 Å². The first-order chi connectivity index (χ1) is 36.7. The Bertz CT molecular complexity index is 3800. The monoisotopic (exact) mass is 1050 g/mol. The molecule has 0 aliphatic heterocycles. The highest BCUT2D eigenvalue weighted by molar-refractivity contribution is 9.10. The first-order valence-electron chi connectivity index (χ1n) is 23.9. The molecule has 0 amide bonds. The summed E-state index contributed by atoms with van der Waals surface area (Å²) >= 11 is 3.43. The van der Waals surface area contributed by atoms with Crippen LogP contribution in [0.15, 0.2) is 209 Å². The SMILES string of the molecule is Brc1ccc2nc(Nc3ccccc3)ncc2c1.C#CCCC(=O)c1cccn(Cc2cccnc2)c1=O.O=C(CCC#Cc1ccc2nc(Cc3ccccc3)ncc2c1)c1cccn(Cc2cccnc2)c1=O. The van der Waals surface area contributed by atoms with E-state index in [1.807, 2.05) is 122 Å². The van der Waals surface area contributed by atoms with E-state index in [1.165, 1.54) is 14.7 Å². The molecule has 75 heavy (non-hydrogen) atoms. The molecule has 10 aromatic rings. The lowest BCUT2D eigenvalue weighted by molar-refractivity contribution is 0.0974. The van der Waals surface area contributed by atoms with Crippen LogP contribution in [-0.4, -0.2) is 50.6 Å². The zero-order valence-corrected chi connectivity index (χ0v) is 42.2. The van der Waals surface area contributed by atoms with Crippen molar-refractivity contribution in [3.63, 3.8) is 0 Å². The number of nitrogens with zero attached hydrogens (tertiary/aromatic N) is 8. The summed E-state index contributed by atoms with van der Waals surface area (Å²) in [6.45, 7) is 0.760. The molecule has 4 aromatic carbocycles. The minimum absolute atomic E-state index is 0.179. The maximum Gasteiger partial charge on any atom is 0.261 e. The average molecular weight is 1050 g/mol. The van der Waals surface area contributed by atoms with E-state index in [-0.39, 0.29) is 46.7 Å². The van der Waals surface area contributed by atoms with E-state index in [2.05, 4.69) is 81.0 Å². The van der Waals surface area contributed by atoms with E-state index in [1.54, 1.807) is 61.4 Å². The van der Waals surface area contributed by atoms with Crippen LogP contribution >= 0.6 is 15.9 Å². The summed E-state index contributed by atoms with van der Waals surface area (Å²) in [4.78, 5) is 75.7. The second kappa shape index (κ2) is 26.3. The number of anilines is 2. The zero-order chi connectivity index (χ0) is 52.2. The Labute approximate surface area is 441 Å². The highest BCUT2D eigenvalue weighted by Gasteiger charge is 2.13. The average Bonchev–Trinajstić information content (AvgIpc) is 3.44. The van der Waals surface area contributed by atoms with Crippen LogP contribution in [0.4, 0.5) is 11.6 Å². The second-order valence-electron chi connectivity index (χ2n) is 16.9. The number of Topliss-reactive ketones (excluding diaryl/α,β-unsaturated/α-hetero) is 2. The van der Waals surface area contributed by atoms with Crippen LogP contribution in [0.5, 0.6) is 0 Å². The topological polar surface area (TPSA) is 168 Å². The number of fused-ring (bicyclic) bond motifs is 2. The molecule has 0 aliphatic carbocycles. The molecule has 10 rings (SSSR count). The fraction of sp³-hybridized carbons (Fsp3) is 0.115. The largest absolute Gasteiger partial charge is 0.324 e. The van der Waals surface area contributed by atoms with Crippen molar-refractivity contribution in [2.45, 2.75) is 45.2 Å². The van der Waals surface area contributed by atoms with E-state index in [0.717, 1.165) is 54.5 Å². The van der Waals surface area contributed by atoms with Crippen molar-refractivity contribution in [2.75, 3.05) is 5.32 Å². The molecule has 0 saturated carbocycles. The van der Waals surface area contributed by atoms with Gasteiger partial charge in [-0.05, 0) is 102 Å². The summed E-state index contributed by atoms with van der Waals surface area (Å²) in [5.74, 6) is 9.53. The van der Waals surface area contributed by atoms with E-state index < -0.39 is 0 Å². The molecule has 0 spiro atoms. The summed E-state index contributed by atoms with van der Waals surface area (Å²) in [6, 6.07) is 45.7. The number of aromatic nitrogens is 8. The van der Waals surface area contributed by atoms with E-state index in [0.29, 0.717) is 38.3 Å². The van der Waals surface area contributed by atoms with Gasteiger partial charge < -0.3 is 14.5 Å². The van der Waals surface area contributed by atoms with Gasteiger partial charge in [0.15, 0.2) is 11.6 Å². The molecular weight excluding hydrogens is 1000 g/mol. The number of ketones is 2. The molecule has 0 radical (unpaired) electrons. The highest BCUT2D eigenvalue weighted by atomic mass is 79.9. The number of benzene rings is 4. The zero-order valence-electron chi connectivity index (χ0n) is 40.6. The van der Waals surface area contributed by atoms with Gasteiger partial charge in [-0.3, -0.25) is 29.1 Å². The molecule has 6 aromatic heterocycles. The quantitative estimate of drug-likeness (QED) is 0.0813. The summed E-state index contributed by atoms with van der Waals surface area (Å²) in [6.07, 6.45) is 20.6. The number of nitrogens with one attached hydrogen (secondary N) is 1. The Morgan fingerprint density at radius 3 is 1.79 bits per heavy atom. The second-order valence-corrected chi connectivity index (χ2v) is 17.8. The predicted octanol–water partition coefficient (Wildman–Crippen LogP) is 10.9. The molecule has 0 unspecified atom stereocenters. The Hall–Kier alpha value is -9.50. The number of terminal acetylenes is 1. The van der Waals surface area contributed by atoms with Crippen molar-refractivity contribution >= 4 is 60.9 Å². The van der Waals surface area contributed by atoms with Gasteiger partial charge in [0.05, 0.1) is 35.2 Å². The standard InChI is InChI=1S/C31H24N4O2.C16H14N2O2.C14H10BrN3/c36-29(27-12-7-17-35(31(27)37)22-25-11-6-16-32-20-25)13-5-4-10-24-14-15-28-26(18-24)21-33-30(34-28)19-23-8-2-1-3-9-23;1-2-3-8-15(19)14-7-5-10-18(16(14)20)12-13-6-4-9-17-11-13;15-11-6-7-13-10(8-11)9-16-14(18-13)17-12-4-2-1-3-5-12/h1-3,6-9,11-12,14-18,20-21H,5,13,19,22H2;1,4-7,9-11H,3,8,12H2;1-9H,(H,16,17,18). The molecule has 1 N–H and O–H groups in total. The summed E-state index contributed by atoms with van der Waals surface area (Å²) in [7, 11) is 0. The number of pyridine rings is 4. The first-order valence-corrected chi connectivity index (χ1v) is 24.7. The van der Waals surface area contributed by atoms with Crippen LogP contribution in [0.3, 0.4) is 0 Å². The maximum atomic E-state index is 12.8. The molecule has 13 nitrogen and oxygen atoms in total. The van der Waals surface area contributed by atoms with Gasteiger partial charge in [0, 0.05) is 108 Å². The molecule has 14 heteroatoms. The van der Waals surface area contributed by atoms with Crippen molar-refractivity contribution in [1.82, 2.24) is 39.0 Å². The van der Waals surface area contributed by atoms with Crippen LogP contribution in [0, 0.1) is 24.2 Å². The van der Waals surface area contributed by atoms with Gasteiger partial charge in [0.1, 0.15) is 5.82 Å². The van der Waals surface area contributed by atoms with Gasteiger partial charge in [-0.25, -0.2) is 19.9 Å². The molecule has 0 bridgehead atoms. The molecule has 0 fully saturated rings. The minimum atomic E-state index is -0.300. The number of para-hydroxylation sites is 1. The van der Waals surface area contributed by atoms with Crippen molar-refractivity contribution < 1.29 is 9.59 Å². The van der Waals surface area contributed by atoms with Crippen LogP contribution in [0.1, 0.15) is 74.5 Å². The number of carbonyl (C=O) groups is 2. The number of hydrogen-bond donors (Lipinski definition) is 1. The first kappa shape index (κ1) is 51.8. The molecule has 0 aliphatic rings. The number of carbonyl (C=O) groups excluding carboxylic acids is 2. The highest BCUT2D eigenvalue weighted by Crippen LogP contribution is 2.20. The number of halogens is 1. The lowest BCUT2D eigenvalue weighted by Crippen LogP contribution is -2.26. The van der Waals surface area contributed by atoms with Gasteiger partial charge in [-0.15, -0.1) is 12.3 Å². The lowest BCUT2D eigenvalue weighted by Gasteiger charge is -2.07. The summed E-state index contributed by atoms with van der Waals surface area (Å²) in [5.41, 5.74) is 6.35. The van der Waals surface area contributed by atoms with Gasteiger partial charge in [-0.1, -0.05) is 88.4 Å². The van der Waals surface area contributed by atoms with Gasteiger partial charge >= 0.3 is 0 Å². The Kier molecular flexibility index (Phi) is 18.2. The molecule has 0 saturated heterocycles. The fourth-order valence-electron chi connectivity index (χ4n) is 7.65. The van der Waals surface area contributed by atoms with Crippen LogP contribution in [-0.2, 0) is 19.5 Å². The third kappa shape index (κ3) is 15.0. The fourth-order valence-corrected chi connectivity index (χ4v) is 8.03. The van der Waals surface area contributed by atoms with Crippen molar-refractivity contribution in [3.8, 4) is 24.2 Å². The molecule has 368 valence electrons. The van der Waals surface area contributed by atoms with Gasteiger partial charge in [-0.2, -0.15) is 0 Å². The van der Waals surface area contributed by atoms with Crippen molar-refractivity contribution in [2.24, 2.45) is 0 Å². The van der Waals surface area contributed by atoms with Gasteiger partial charge in [0.25, 0.3) is 11.1 Å². The third-order valence-electron chi connectivity index (χ3n) is 11.4. The van der Waals surface area contributed by atoms with Gasteiger partial charge in [0.2, 0.25) is 5.95 Å². The Morgan fingerprint density at radius 1 is 0.587 bits per heavy atom. The van der Waals surface area contributed by atoms with Crippen LogP contribution < -0.4 is 16.4 Å². The lowest BCUT2D eigenvalue weighted by atomic mass is 10.1. The number of hydrogen-bond acceptors (Lipinski definition) is 11. The van der Waals surface area contributed by atoms with Crippen molar-refractivity contribution in [1.29, 1.82) is 0 Å². The molecule has 0 atom stereocenters. The minimum Gasteiger partial charge on any atom is -0.324 e. The summed E-state index contributed by atoms with van der Waals surface area (Å²) < 4.78 is 4.06. The van der Waals surface area contributed by atoms with Crippen LogP contribution in [0.25, 0.3) is 21.8 Å². The number of rotatable bonds is 14. The predicted molar refractivity (Wildman–Crippen MR) is 297 cm³/mol. The molecule has 6 heterocycles. The molecular formula is C61H48BrN9O4. The summed E-state index contributed by atoms with van der Waals surface area (Å²) in [5, 5.41) is 5.11. The van der Waals surface area contributed by atoms with Crippen LogP contribution in [0.2, 0.25) is 0 Å². The van der Waals surface area contributed by atoms with E-state index >= 15 is 0 Å². The normalized spacial score (nSPS) is 10.4. The van der Waals surface area contributed by atoms with E-state index in [9.17, 15) is 19.2 Å². The third-order valence-corrected chi connectivity index (χ3v) is 11.9. The Balaban J connectivity index is 0.000000165. The smallest absolute Gasteiger partial charge is 0.261 e. The maximum absolute atomic E-state index is 12.8. The van der Waals surface area contributed by atoms with Crippen molar-refractivity contribution in [3.05, 3.63) is 260 Å². The Morgan fingerprint density at radius 2 is 1.16 bits per heavy atom.